The maximum atomic E-state index is 14.6. The number of carbonyl (C=O) groups excluding carboxylic acids is 5. The van der Waals surface area contributed by atoms with Crippen molar-refractivity contribution in [3.63, 3.8) is 0 Å². The second-order valence-electron chi connectivity index (χ2n) is 20.3. The fourth-order valence-electron chi connectivity index (χ4n) is 10.8. The molecule has 16 nitrogen and oxygen atoms in total. The van der Waals surface area contributed by atoms with Gasteiger partial charge in [0.25, 0.3) is 12.4 Å². The van der Waals surface area contributed by atoms with Crippen molar-refractivity contribution in [3.8, 4) is 28.1 Å². The number of rotatable bonds is 18. The van der Waals surface area contributed by atoms with Gasteiger partial charge in [-0.25, -0.2) is 5.43 Å². The molecule has 2 aromatic heterocycles. The Morgan fingerprint density at radius 2 is 1.82 bits per heavy atom. The van der Waals surface area contributed by atoms with E-state index in [1.165, 1.54) is 0 Å². The summed E-state index contributed by atoms with van der Waals surface area (Å²) in [6.45, 7) is 16.4. The van der Waals surface area contributed by atoms with E-state index in [4.69, 9.17) is 14.5 Å². The number of phenolic OH excluding ortho intramolecular Hbond substituents is 1. The van der Waals surface area contributed by atoms with E-state index in [1.54, 1.807) is 40.2 Å². The highest BCUT2D eigenvalue weighted by molar-refractivity contribution is 5.97. The van der Waals surface area contributed by atoms with Gasteiger partial charge in [-0.3, -0.25) is 34.0 Å². The van der Waals surface area contributed by atoms with Crippen molar-refractivity contribution < 1.29 is 38.6 Å². The average molecular weight is 933 g/mol. The first kappa shape index (κ1) is 48.6. The van der Waals surface area contributed by atoms with Crippen molar-refractivity contribution in [2.75, 3.05) is 53.0 Å². The molecule has 4 saturated heterocycles. The van der Waals surface area contributed by atoms with Crippen LogP contribution in [0.5, 0.6) is 5.75 Å². The van der Waals surface area contributed by atoms with Crippen LogP contribution in [0.4, 0.5) is 0 Å². The highest BCUT2D eigenvalue weighted by Gasteiger charge is 2.55. The summed E-state index contributed by atoms with van der Waals surface area (Å²) >= 11 is 0. The van der Waals surface area contributed by atoms with E-state index in [-0.39, 0.29) is 54.6 Å². The van der Waals surface area contributed by atoms with E-state index >= 15 is 0 Å². The Kier molecular flexibility index (Phi) is 14.3. The zero-order chi connectivity index (χ0) is 48.5. The van der Waals surface area contributed by atoms with Crippen LogP contribution < -0.4 is 16.1 Å². The average Bonchev–Trinajstić information content (AvgIpc) is 3.93. The number of hydrogen-bond acceptors (Lipinski definition) is 11. The van der Waals surface area contributed by atoms with Gasteiger partial charge < -0.3 is 39.6 Å². The highest BCUT2D eigenvalue weighted by atomic mass is 16.5. The molecule has 4 amide bonds. The fourth-order valence-corrected chi connectivity index (χ4v) is 10.8. The number of ether oxygens (including phenoxy) is 2. The number of aromatic hydroxyl groups is 1. The molecule has 5 atom stereocenters. The van der Waals surface area contributed by atoms with Gasteiger partial charge in [0.05, 0.1) is 35.6 Å². The van der Waals surface area contributed by atoms with E-state index in [0.717, 1.165) is 57.4 Å². The van der Waals surface area contributed by atoms with Crippen molar-refractivity contribution in [1.82, 2.24) is 40.4 Å². The lowest BCUT2D eigenvalue weighted by Gasteiger charge is -2.35. The van der Waals surface area contributed by atoms with Gasteiger partial charge in [0.2, 0.25) is 17.7 Å². The second-order valence-corrected chi connectivity index (χ2v) is 20.3. The summed E-state index contributed by atoms with van der Waals surface area (Å²) in [6, 6.07) is 13.5. The Morgan fingerprint density at radius 3 is 2.51 bits per heavy atom. The SMILES string of the molecule is CCn1c(-c2cccnc2[C@H](C)OC)c(CC(C)(C)COC=O)c2cc(-c3cc(O)cc(C[C@H](NC(=O)[C@H](C(C)C)N4CCC5(CCN(C(=O)[C@H]6CN6)C5)C4=O)C(=O)N4CCCCN4)c3)ccc21. The molecule has 6 heterocycles. The Morgan fingerprint density at radius 1 is 1.04 bits per heavy atom. The molecule has 0 radical (unpaired) electrons. The summed E-state index contributed by atoms with van der Waals surface area (Å²) in [7, 11) is 1.67. The van der Waals surface area contributed by atoms with E-state index in [9.17, 15) is 29.1 Å². The van der Waals surface area contributed by atoms with Gasteiger partial charge in [-0.05, 0) is 111 Å². The Bertz CT molecular complexity index is 2550. The first-order valence-corrected chi connectivity index (χ1v) is 24.3. The van der Waals surface area contributed by atoms with Crippen LogP contribution in [-0.4, -0.2) is 131 Å². The summed E-state index contributed by atoms with van der Waals surface area (Å²) in [4.78, 5) is 75.9. The smallest absolute Gasteiger partial charge is 0.293 e. The fraction of sp³-hybridized carbons (Fsp3) is 0.538. The molecular formula is C52H68N8O8. The zero-order valence-electron chi connectivity index (χ0n) is 40.6. The highest BCUT2D eigenvalue weighted by Crippen LogP contribution is 2.44. The van der Waals surface area contributed by atoms with E-state index in [2.05, 4.69) is 59.6 Å². The van der Waals surface area contributed by atoms with E-state index in [0.29, 0.717) is 77.1 Å². The number of amides is 4. The minimum Gasteiger partial charge on any atom is -0.508 e. The largest absolute Gasteiger partial charge is 0.508 e. The van der Waals surface area contributed by atoms with Crippen LogP contribution in [0.1, 0.15) is 90.2 Å². The number of hydrogen-bond donors (Lipinski definition) is 4. The quantitative estimate of drug-likeness (QED) is 0.0761. The summed E-state index contributed by atoms with van der Waals surface area (Å²) in [5.41, 5.74) is 9.06. The molecule has 0 bridgehead atoms. The lowest BCUT2D eigenvalue weighted by Crippen LogP contribution is -2.59. The molecule has 16 heteroatoms. The number of fused-ring (bicyclic) bond motifs is 1. The lowest BCUT2D eigenvalue weighted by atomic mass is 9.84. The number of likely N-dealkylation sites (tertiary alicyclic amines) is 2. The molecule has 1 spiro atoms. The second kappa shape index (κ2) is 20.0. The Hall–Kier alpha value is -5.84. The number of carbonyl (C=O) groups is 5. The maximum Gasteiger partial charge on any atom is 0.293 e. The molecule has 8 rings (SSSR count). The minimum atomic E-state index is -1.02. The molecule has 0 aliphatic carbocycles. The third kappa shape index (κ3) is 9.86. The maximum absolute atomic E-state index is 14.6. The normalized spacial score (nSPS) is 20.9. The Labute approximate surface area is 399 Å². The van der Waals surface area contributed by atoms with Gasteiger partial charge in [0.1, 0.15) is 17.8 Å². The zero-order valence-corrected chi connectivity index (χ0v) is 40.6. The molecule has 4 aliphatic rings. The molecule has 68 heavy (non-hydrogen) atoms. The van der Waals surface area contributed by atoms with Crippen molar-refractivity contribution in [2.24, 2.45) is 16.7 Å². The van der Waals surface area contributed by atoms with Crippen LogP contribution in [0.15, 0.2) is 54.7 Å². The number of pyridine rings is 1. The Balaban J connectivity index is 1.13. The third-order valence-corrected chi connectivity index (χ3v) is 14.4. The van der Waals surface area contributed by atoms with Crippen LogP contribution in [0, 0.1) is 16.7 Å². The predicted octanol–water partition coefficient (Wildman–Crippen LogP) is 5.15. The third-order valence-electron chi connectivity index (χ3n) is 14.4. The van der Waals surface area contributed by atoms with Crippen molar-refractivity contribution in [2.45, 2.75) is 111 Å². The molecule has 1 unspecified atom stereocenters. The summed E-state index contributed by atoms with van der Waals surface area (Å²) in [5.74, 6) is -1.06. The van der Waals surface area contributed by atoms with Gasteiger partial charge >= 0.3 is 0 Å². The monoisotopic (exact) mass is 933 g/mol. The van der Waals surface area contributed by atoms with Crippen LogP contribution in [-0.2, 0) is 52.8 Å². The molecule has 4 N–H and O–H groups in total. The lowest BCUT2D eigenvalue weighted by molar-refractivity contribution is -0.146. The number of phenols is 1. The minimum absolute atomic E-state index is 0.00790. The van der Waals surface area contributed by atoms with Crippen LogP contribution in [0.3, 0.4) is 0 Å². The first-order valence-electron chi connectivity index (χ1n) is 24.3. The van der Waals surface area contributed by atoms with Crippen molar-refractivity contribution in [1.29, 1.82) is 0 Å². The van der Waals surface area contributed by atoms with Crippen LogP contribution in [0.25, 0.3) is 33.3 Å². The number of methoxy groups -OCH3 is 1. The number of nitrogens with zero attached hydrogens (tertiary/aromatic N) is 5. The summed E-state index contributed by atoms with van der Waals surface area (Å²) < 4.78 is 13.4. The van der Waals surface area contributed by atoms with Crippen molar-refractivity contribution in [3.05, 3.63) is 71.5 Å². The number of aryl methyl sites for hydroxylation is 1. The van der Waals surface area contributed by atoms with Gasteiger partial charge in [-0.1, -0.05) is 39.8 Å². The van der Waals surface area contributed by atoms with Crippen LogP contribution in [0.2, 0.25) is 0 Å². The summed E-state index contributed by atoms with van der Waals surface area (Å²) in [6.07, 6.45) is 4.97. The van der Waals surface area contributed by atoms with Gasteiger partial charge in [-0.2, -0.15) is 0 Å². The van der Waals surface area contributed by atoms with Gasteiger partial charge in [0, 0.05) is 87.4 Å². The number of aromatic nitrogens is 2. The topological polar surface area (TPSA) is 198 Å². The molecular weight excluding hydrogens is 865 g/mol. The van der Waals surface area contributed by atoms with Gasteiger partial charge in [0.15, 0.2) is 0 Å². The number of hydrazine groups is 1. The standard InChI is InChI=1S/C52H68N8O8/c1-8-58-43-14-13-35(26-39(43)40(27-51(5,6)30-68-31-61)46(58)38-12-11-17-53-44(38)33(4)67-7)36-22-34(23-37(62)25-36)24-41(49(65)60-19-10-9-18-55-60)56-47(63)45(32(2)3)59-21-16-52(50(59)66)15-20-57(29-52)48(64)42-28-54-42/h11-14,17,22-23,25-26,31-33,41-42,45,54-55,62H,8-10,15-16,18-21,24,27-30H2,1-7H3,(H,56,63)/t33-,41-,42+,45-,52?/m0/s1. The number of benzene rings is 2. The molecule has 0 saturated carbocycles. The summed E-state index contributed by atoms with van der Waals surface area (Å²) in [5, 5.41) is 20.1. The molecule has 4 fully saturated rings. The predicted molar refractivity (Wildman–Crippen MR) is 258 cm³/mol. The van der Waals surface area contributed by atoms with Crippen LogP contribution >= 0.6 is 0 Å². The number of nitrogens with one attached hydrogen (secondary N) is 3. The van der Waals surface area contributed by atoms with Crippen molar-refractivity contribution >= 4 is 41.0 Å². The van der Waals surface area contributed by atoms with E-state index in [1.807, 2.05) is 39.0 Å². The molecule has 4 aliphatic heterocycles. The first-order chi connectivity index (χ1) is 32.6. The van der Waals surface area contributed by atoms with Gasteiger partial charge in [-0.15, -0.1) is 0 Å². The molecule has 2 aromatic carbocycles. The molecule has 364 valence electrons. The van der Waals surface area contributed by atoms with E-state index < -0.39 is 28.8 Å². The molecule has 4 aromatic rings.